The Morgan fingerprint density at radius 1 is 1.20 bits per heavy atom. The van der Waals surface area contributed by atoms with Crippen LogP contribution < -0.4 is 4.72 Å². The molecule has 2 aromatic carbocycles. The molecule has 0 radical (unpaired) electrons. The summed E-state index contributed by atoms with van der Waals surface area (Å²) in [6, 6.07) is 16.1. The smallest absolute Gasteiger partial charge is 0.283 e. The number of alkyl halides is 2. The molecule has 160 valence electrons. The van der Waals surface area contributed by atoms with Gasteiger partial charge in [-0.15, -0.1) is 0 Å². The van der Waals surface area contributed by atoms with Gasteiger partial charge >= 0.3 is 0 Å². The lowest BCUT2D eigenvalue weighted by Crippen LogP contribution is -2.51. The maximum absolute atomic E-state index is 14.9. The quantitative estimate of drug-likeness (QED) is 0.668. The van der Waals surface area contributed by atoms with Crippen molar-refractivity contribution in [2.24, 2.45) is 0 Å². The predicted molar refractivity (Wildman–Crippen MR) is 115 cm³/mol. The number of rotatable bonds is 7. The van der Waals surface area contributed by atoms with Gasteiger partial charge in [0.25, 0.3) is 11.8 Å². The second-order valence-electron chi connectivity index (χ2n) is 7.74. The van der Waals surface area contributed by atoms with Crippen molar-refractivity contribution in [1.82, 2.24) is 9.62 Å². The molecule has 4 nitrogen and oxygen atoms in total. The molecule has 2 heterocycles. The Morgan fingerprint density at radius 3 is 2.60 bits per heavy atom. The summed E-state index contributed by atoms with van der Waals surface area (Å²) in [5.41, 5.74) is 3.04. The number of amides is 1. The van der Waals surface area contributed by atoms with Crippen LogP contribution in [0.1, 0.15) is 18.9 Å². The number of hydrogen-bond donors (Lipinski definition) is 1. The highest BCUT2D eigenvalue weighted by Gasteiger charge is 2.56. The molecule has 4 rings (SSSR count). The van der Waals surface area contributed by atoms with E-state index in [4.69, 9.17) is 4.74 Å². The monoisotopic (exact) mass is 432 g/mol. The van der Waals surface area contributed by atoms with E-state index in [-0.39, 0.29) is 5.91 Å². The number of ether oxygens (including phenoxy) is 1. The zero-order valence-corrected chi connectivity index (χ0v) is 17.7. The molecule has 2 fully saturated rings. The summed E-state index contributed by atoms with van der Waals surface area (Å²) in [6.45, 7) is 1.85. The molecule has 2 aliphatic heterocycles. The number of nitrogens with one attached hydrogen (secondary N) is 1. The lowest BCUT2D eigenvalue weighted by Gasteiger charge is -2.33. The number of carbonyl (C=O) groups is 1. The van der Waals surface area contributed by atoms with Gasteiger partial charge in [0.15, 0.2) is 0 Å². The largest absolute Gasteiger partial charge is 0.368 e. The zero-order valence-electron chi connectivity index (χ0n) is 16.9. The molecule has 1 N–H and O–H groups in total. The van der Waals surface area contributed by atoms with Gasteiger partial charge in [-0.05, 0) is 23.1 Å². The first-order valence-electron chi connectivity index (χ1n) is 10.3. The molecular weight excluding hydrogens is 406 g/mol. The molecule has 2 aromatic rings. The molecule has 0 aromatic heterocycles. The van der Waals surface area contributed by atoms with E-state index in [2.05, 4.69) is 4.72 Å². The Morgan fingerprint density at radius 2 is 1.93 bits per heavy atom. The van der Waals surface area contributed by atoms with Gasteiger partial charge in [0.1, 0.15) is 12.1 Å². The van der Waals surface area contributed by atoms with Crippen molar-refractivity contribution in [1.29, 1.82) is 0 Å². The minimum Gasteiger partial charge on any atom is -0.368 e. The Kier molecular flexibility index (Phi) is 6.41. The van der Waals surface area contributed by atoms with Crippen LogP contribution >= 0.6 is 11.9 Å². The van der Waals surface area contributed by atoms with Crippen molar-refractivity contribution >= 4 is 17.9 Å². The molecule has 30 heavy (non-hydrogen) atoms. The molecule has 0 spiro atoms. The first-order valence-corrected chi connectivity index (χ1v) is 11.3. The summed E-state index contributed by atoms with van der Waals surface area (Å²) < 4.78 is 38.1. The number of halogens is 2. The summed E-state index contributed by atoms with van der Waals surface area (Å²) in [6.07, 6.45) is 0.367. The summed E-state index contributed by atoms with van der Waals surface area (Å²) in [5, 5.41) is 0. The van der Waals surface area contributed by atoms with Crippen molar-refractivity contribution in [3.8, 4) is 11.1 Å². The van der Waals surface area contributed by atoms with E-state index in [1.165, 1.54) is 16.8 Å². The van der Waals surface area contributed by atoms with Crippen LogP contribution in [-0.4, -0.2) is 53.8 Å². The van der Waals surface area contributed by atoms with E-state index in [1.807, 2.05) is 61.5 Å². The van der Waals surface area contributed by atoms with Gasteiger partial charge in [0.2, 0.25) is 0 Å². The molecule has 3 atom stereocenters. The van der Waals surface area contributed by atoms with Crippen molar-refractivity contribution in [2.75, 3.05) is 18.9 Å². The minimum atomic E-state index is -3.00. The number of hydrogen-bond acceptors (Lipinski definition) is 4. The van der Waals surface area contributed by atoms with Crippen LogP contribution in [-0.2, 0) is 16.0 Å². The van der Waals surface area contributed by atoms with Gasteiger partial charge in [0.05, 0.1) is 19.2 Å². The molecule has 0 saturated carbocycles. The lowest BCUT2D eigenvalue weighted by molar-refractivity contribution is -0.158. The SMILES string of the molecule is CCSN[C@@H]1[C@H](Cc2cccc(-c3ccccc3)c2)N(C(=O)C2CCO2)CC1(F)F. The normalized spacial score (nSPS) is 25.2. The van der Waals surface area contributed by atoms with Crippen molar-refractivity contribution < 1.29 is 18.3 Å². The standard InChI is InChI=1S/C23H26F2N2O2S/c1-2-30-26-21-19(27(15-23(21,24)25)22(28)20-11-12-29-20)14-16-7-6-10-18(13-16)17-8-4-3-5-9-17/h3-10,13,19-21,26H,2,11-12,14-15H2,1H3/t19-,20?,21+/m0/s1. The van der Waals surface area contributed by atoms with Crippen molar-refractivity contribution in [2.45, 2.75) is 43.9 Å². The second-order valence-corrected chi connectivity index (χ2v) is 8.84. The van der Waals surface area contributed by atoms with Crippen LogP contribution in [0.4, 0.5) is 8.78 Å². The lowest BCUT2D eigenvalue weighted by atomic mass is 9.96. The Bertz CT molecular complexity index is 877. The number of carbonyl (C=O) groups excluding carboxylic acids is 1. The van der Waals surface area contributed by atoms with Crippen LogP contribution in [0.2, 0.25) is 0 Å². The summed E-state index contributed by atoms with van der Waals surface area (Å²) >= 11 is 1.26. The van der Waals surface area contributed by atoms with E-state index in [0.717, 1.165) is 16.7 Å². The summed E-state index contributed by atoms with van der Waals surface area (Å²) in [4.78, 5) is 14.2. The fourth-order valence-corrected chi connectivity index (χ4v) is 4.75. The minimum absolute atomic E-state index is 0.323. The van der Waals surface area contributed by atoms with E-state index < -0.39 is 30.7 Å². The Balaban J connectivity index is 1.61. The van der Waals surface area contributed by atoms with Crippen LogP contribution in [0.3, 0.4) is 0 Å². The van der Waals surface area contributed by atoms with E-state index in [0.29, 0.717) is 25.2 Å². The number of benzene rings is 2. The topological polar surface area (TPSA) is 41.6 Å². The van der Waals surface area contributed by atoms with Gasteiger partial charge in [-0.1, -0.05) is 73.5 Å². The maximum Gasteiger partial charge on any atom is 0.283 e. The summed E-state index contributed by atoms with van der Waals surface area (Å²) in [5.74, 6) is -2.65. The average molecular weight is 433 g/mol. The molecule has 1 unspecified atom stereocenters. The van der Waals surface area contributed by atoms with Crippen LogP contribution in [0.15, 0.2) is 54.6 Å². The van der Waals surface area contributed by atoms with Gasteiger partial charge in [-0.2, -0.15) is 0 Å². The van der Waals surface area contributed by atoms with E-state index in [9.17, 15) is 13.6 Å². The molecule has 0 aliphatic carbocycles. The highest BCUT2D eigenvalue weighted by atomic mass is 32.2. The van der Waals surface area contributed by atoms with Crippen molar-refractivity contribution in [3.63, 3.8) is 0 Å². The summed E-state index contributed by atoms with van der Waals surface area (Å²) in [7, 11) is 0. The molecule has 2 saturated heterocycles. The third-order valence-electron chi connectivity index (χ3n) is 5.71. The van der Waals surface area contributed by atoms with Gasteiger partial charge in [-0.25, -0.2) is 8.78 Å². The van der Waals surface area contributed by atoms with Crippen LogP contribution in [0.5, 0.6) is 0 Å². The van der Waals surface area contributed by atoms with Crippen LogP contribution in [0, 0.1) is 0 Å². The average Bonchev–Trinajstić information content (AvgIpc) is 2.96. The Labute approximate surface area is 180 Å². The van der Waals surface area contributed by atoms with Crippen LogP contribution in [0.25, 0.3) is 11.1 Å². The van der Waals surface area contributed by atoms with Gasteiger partial charge in [0, 0.05) is 12.2 Å². The fraction of sp³-hybridized carbons (Fsp3) is 0.435. The van der Waals surface area contributed by atoms with Gasteiger partial charge in [-0.3, -0.25) is 9.52 Å². The molecule has 7 heteroatoms. The number of nitrogens with zero attached hydrogens (tertiary/aromatic N) is 1. The van der Waals surface area contributed by atoms with E-state index >= 15 is 0 Å². The number of likely N-dealkylation sites (tertiary alicyclic amines) is 1. The second kappa shape index (κ2) is 9.04. The zero-order chi connectivity index (χ0) is 21.1. The van der Waals surface area contributed by atoms with E-state index in [1.54, 1.807) is 0 Å². The fourth-order valence-electron chi connectivity index (χ4n) is 4.08. The highest BCUT2D eigenvalue weighted by molar-refractivity contribution is 7.97. The highest BCUT2D eigenvalue weighted by Crippen LogP contribution is 2.37. The predicted octanol–water partition coefficient (Wildman–Crippen LogP) is 4.16. The van der Waals surface area contributed by atoms with Crippen molar-refractivity contribution in [3.05, 3.63) is 60.2 Å². The molecule has 0 bridgehead atoms. The Hall–Kier alpha value is -1.96. The molecule has 2 aliphatic rings. The van der Waals surface area contributed by atoms with Gasteiger partial charge < -0.3 is 9.64 Å². The third kappa shape index (κ3) is 4.38. The maximum atomic E-state index is 14.9. The first-order chi connectivity index (χ1) is 14.5. The molecular formula is C23H26F2N2O2S. The third-order valence-corrected chi connectivity index (χ3v) is 6.42. The first kappa shape index (κ1) is 21.3. The molecule has 1 amide bonds.